The Morgan fingerprint density at radius 3 is 2.50 bits per heavy atom. The highest BCUT2D eigenvalue weighted by Crippen LogP contribution is 2.31. The van der Waals surface area contributed by atoms with Crippen LogP contribution in [0.5, 0.6) is 0 Å². The van der Waals surface area contributed by atoms with Gasteiger partial charge in [0.05, 0.1) is 17.0 Å². The fourth-order valence-corrected chi connectivity index (χ4v) is 4.60. The molecular formula is C28H27F3N8O. The smallest absolute Gasteiger partial charge is 0.383 e. The molecule has 9 nitrogen and oxygen atoms in total. The number of piperidine rings is 1. The lowest BCUT2D eigenvalue weighted by Gasteiger charge is -2.29. The summed E-state index contributed by atoms with van der Waals surface area (Å²) in [6, 6.07) is 9.06. The molecule has 2 aromatic heterocycles. The summed E-state index contributed by atoms with van der Waals surface area (Å²) in [4.78, 5) is 23.3. The summed E-state index contributed by atoms with van der Waals surface area (Å²) in [5.74, 6) is 6.52. The van der Waals surface area contributed by atoms with E-state index >= 15 is 0 Å². The van der Waals surface area contributed by atoms with Crippen LogP contribution in [0.25, 0.3) is 11.0 Å². The van der Waals surface area contributed by atoms with Crippen LogP contribution in [0, 0.1) is 18.8 Å². The third-order valence-electron chi connectivity index (χ3n) is 6.81. The van der Waals surface area contributed by atoms with Crippen molar-refractivity contribution in [2.45, 2.75) is 32.0 Å². The quantitative estimate of drug-likeness (QED) is 0.309. The van der Waals surface area contributed by atoms with Crippen molar-refractivity contribution in [2.75, 3.05) is 36.5 Å². The Morgan fingerprint density at radius 1 is 1.05 bits per heavy atom. The van der Waals surface area contributed by atoms with Crippen LogP contribution in [0.4, 0.5) is 35.2 Å². The molecule has 0 aliphatic carbocycles. The number of likely N-dealkylation sites (tertiary alicyclic amines) is 1. The molecule has 1 fully saturated rings. The van der Waals surface area contributed by atoms with Gasteiger partial charge < -0.3 is 21.3 Å². The molecule has 0 unspecified atom stereocenters. The van der Waals surface area contributed by atoms with E-state index in [1.165, 1.54) is 18.5 Å². The molecule has 1 aliphatic rings. The normalized spacial score (nSPS) is 14.5. The number of fused-ring (bicyclic) bond motifs is 1. The van der Waals surface area contributed by atoms with Gasteiger partial charge in [0.1, 0.15) is 17.8 Å². The van der Waals surface area contributed by atoms with Crippen LogP contribution in [0.15, 0.2) is 48.8 Å². The SMILES string of the molecule is Cc1ccc(NC(=O)Nc2cccc(C(F)(F)F)c2)cc1C#Cc1nn(C2CCN(C)CC2)c2ncnc(N)c12. The Labute approximate surface area is 228 Å². The number of nitrogens with two attached hydrogens (primary N) is 1. The van der Waals surface area contributed by atoms with Gasteiger partial charge in [0.25, 0.3) is 0 Å². The van der Waals surface area contributed by atoms with Crippen molar-refractivity contribution < 1.29 is 18.0 Å². The first-order valence-electron chi connectivity index (χ1n) is 12.6. The van der Waals surface area contributed by atoms with Crippen molar-refractivity contribution in [1.29, 1.82) is 0 Å². The molecule has 0 radical (unpaired) electrons. The molecule has 2 aromatic carbocycles. The molecule has 3 heterocycles. The van der Waals surface area contributed by atoms with E-state index in [1.54, 1.807) is 18.2 Å². The fourth-order valence-electron chi connectivity index (χ4n) is 4.60. The number of hydrogen-bond acceptors (Lipinski definition) is 6. The number of nitrogens with zero attached hydrogens (tertiary/aromatic N) is 5. The van der Waals surface area contributed by atoms with Gasteiger partial charge in [0.2, 0.25) is 0 Å². The van der Waals surface area contributed by atoms with E-state index in [1.807, 2.05) is 11.6 Å². The van der Waals surface area contributed by atoms with E-state index in [-0.39, 0.29) is 11.7 Å². The summed E-state index contributed by atoms with van der Waals surface area (Å²) in [7, 11) is 2.09. The second-order valence-corrected chi connectivity index (χ2v) is 9.72. The van der Waals surface area contributed by atoms with Gasteiger partial charge in [0, 0.05) is 16.9 Å². The Morgan fingerprint density at radius 2 is 1.77 bits per heavy atom. The molecule has 0 saturated carbocycles. The summed E-state index contributed by atoms with van der Waals surface area (Å²) in [5.41, 5.74) is 8.39. The van der Waals surface area contributed by atoms with Crippen molar-refractivity contribution in [3.05, 3.63) is 71.2 Å². The minimum absolute atomic E-state index is 0.0198. The average molecular weight is 549 g/mol. The third kappa shape index (κ3) is 5.84. The summed E-state index contributed by atoms with van der Waals surface area (Å²) < 4.78 is 40.9. The predicted octanol–water partition coefficient (Wildman–Crippen LogP) is 5.05. The van der Waals surface area contributed by atoms with Gasteiger partial charge >= 0.3 is 12.2 Å². The molecule has 4 N–H and O–H groups in total. The fraction of sp³-hybridized carbons (Fsp3) is 0.286. The number of halogens is 3. The lowest BCUT2D eigenvalue weighted by atomic mass is 10.1. The van der Waals surface area contributed by atoms with E-state index < -0.39 is 17.8 Å². The van der Waals surface area contributed by atoms with Crippen LogP contribution in [0.1, 0.15) is 41.3 Å². The minimum atomic E-state index is -4.51. The Hall–Kier alpha value is -4.63. The number of aryl methyl sites for hydroxylation is 1. The van der Waals surface area contributed by atoms with Crippen molar-refractivity contribution in [2.24, 2.45) is 0 Å². The second-order valence-electron chi connectivity index (χ2n) is 9.72. The molecule has 4 aromatic rings. The number of urea groups is 1. The lowest BCUT2D eigenvalue weighted by Crippen LogP contribution is -2.32. The summed E-state index contributed by atoms with van der Waals surface area (Å²) in [6.45, 7) is 3.78. The van der Waals surface area contributed by atoms with Crippen LogP contribution in [-0.4, -0.2) is 50.8 Å². The number of hydrogen-bond donors (Lipinski definition) is 3. The lowest BCUT2D eigenvalue weighted by molar-refractivity contribution is -0.137. The maximum atomic E-state index is 13.0. The number of rotatable bonds is 3. The number of aromatic nitrogens is 4. The predicted molar refractivity (Wildman–Crippen MR) is 147 cm³/mol. The highest BCUT2D eigenvalue weighted by molar-refractivity contribution is 6.00. The summed E-state index contributed by atoms with van der Waals surface area (Å²) in [5, 5.41) is 10.4. The Balaban J connectivity index is 1.38. The monoisotopic (exact) mass is 548 g/mol. The molecule has 0 bridgehead atoms. The number of nitrogen functional groups attached to an aromatic ring is 1. The van der Waals surface area contributed by atoms with E-state index in [4.69, 9.17) is 10.8 Å². The highest BCUT2D eigenvalue weighted by atomic mass is 19.4. The van der Waals surface area contributed by atoms with Crippen molar-refractivity contribution in [1.82, 2.24) is 24.6 Å². The van der Waals surface area contributed by atoms with E-state index in [9.17, 15) is 18.0 Å². The molecular weight excluding hydrogens is 521 g/mol. The van der Waals surface area contributed by atoms with Crippen LogP contribution in [0.2, 0.25) is 0 Å². The number of carbonyl (C=O) groups is 1. The Kier molecular flexibility index (Phi) is 7.32. The largest absolute Gasteiger partial charge is 0.416 e. The van der Waals surface area contributed by atoms with Gasteiger partial charge in [-0.15, -0.1) is 0 Å². The molecule has 5 rings (SSSR count). The number of alkyl halides is 3. The van der Waals surface area contributed by atoms with Crippen LogP contribution in [0.3, 0.4) is 0 Å². The average Bonchev–Trinajstić information content (AvgIpc) is 3.29. The molecule has 1 saturated heterocycles. The summed E-state index contributed by atoms with van der Waals surface area (Å²) in [6.07, 6.45) is -1.23. The molecule has 0 spiro atoms. The number of carbonyl (C=O) groups excluding carboxylic acids is 1. The minimum Gasteiger partial charge on any atom is -0.383 e. The van der Waals surface area contributed by atoms with Gasteiger partial charge in [-0.05, 0) is 81.7 Å². The molecule has 1 aliphatic heterocycles. The van der Waals surface area contributed by atoms with E-state index in [0.717, 1.165) is 43.6 Å². The van der Waals surface area contributed by atoms with Crippen LogP contribution >= 0.6 is 0 Å². The van der Waals surface area contributed by atoms with Gasteiger partial charge in [-0.2, -0.15) is 18.3 Å². The topological polar surface area (TPSA) is 114 Å². The van der Waals surface area contributed by atoms with Gasteiger partial charge in [0.15, 0.2) is 5.65 Å². The van der Waals surface area contributed by atoms with Crippen molar-refractivity contribution >= 4 is 34.3 Å². The maximum Gasteiger partial charge on any atom is 0.416 e. The number of benzene rings is 2. The van der Waals surface area contributed by atoms with Gasteiger partial charge in [-0.3, -0.25) is 0 Å². The number of nitrogens with one attached hydrogen (secondary N) is 2. The second kappa shape index (κ2) is 10.9. The van der Waals surface area contributed by atoms with Gasteiger partial charge in [-0.1, -0.05) is 18.1 Å². The zero-order valence-electron chi connectivity index (χ0n) is 21.9. The van der Waals surface area contributed by atoms with Gasteiger partial charge in [-0.25, -0.2) is 19.4 Å². The molecule has 0 atom stereocenters. The zero-order chi connectivity index (χ0) is 28.4. The zero-order valence-corrected chi connectivity index (χ0v) is 21.9. The van der Waals surface area contributed by atoms with Crippen molar-refractivity contribution in [3.63, 3.8) is 0 Å². The first-order valence-corrected chi connectivity index (χ1v) is 12.6. The molecule has 40 heavy (non-hydrogen) atoms. The summed E-state index contributed by atoms with van der Waals surface area (Å²) >= 11 is 0. The molecule has 12 heteroatoms. The third-order valence-corrected chi connectivity index (χ3v) is 6.81. The number of amides is 2. The maximum absolute atomic E-state index is 13.0. The van der Waals surface area contributed by atoms with Crippen molar-refractivity contribution in [3.8, 4) is 11.8 Å². The molecule has 206 valence electrons. The van der Waals surface area contributed by atoms with E-state index in [2.05, 4.69) is 44.4 Å². The number of anilines is 3. The first kappa shape index (κ1) is 27.0. The standard InChI is InChI=1S/C28H27F3N8O/c1-17-6-8-21(36-27(40)35-20-5-3-4-19(15-20)28(29,30)31)14-18(17)7-9-23-24-25(32)33-16-34-26(24)39(37-23)22-10-12-38(2)13-11-22/h3-6,8,14-16,22H,10-13H2,1-2H3,(H2,32,33,34)(H2,35,36,40). The van der Waals surface area contributed by atoms with Crippen LogP contribution < -0.4 is 16.4 Å². The highest BCUT2D eigenvalue weighted by Gasteiger charge is 2.30. The van der Waals surface area contributed by atoms with E-state index in [0.29, 0.717) is 33.8 Å². The molecule has 2 amide bonds. The van der Waals surface area contributed by atoms with Crippen LogP contribution in [-0.2, 0) is 6.18 Å². The first-order chi connectivity index (χ1) is 19.1. The Bertz CT molecular complexity index is 1630.